The topological polar surface area (TPSA) is 83.8 Å². The van der Waals surface area contributed by atoms with Crippen LogP contribution in [-0.4, -0.2) is 53.3 Å². The summed E-state index contributed by atoms with van der Waals surface area (Å²) in [7, 11) is 3.34. The highest BCUT2D eigenvalue weighted by molar-refractivity contribution is 6.31. The standard InChI is InChI=1S/C25H32ClN3O4/c1-28-11-7-19(14-23(28)30)25(32)9-10-27-15-21(25)24(31)29(20-4-5-20)16-18-13-17(8-12-33-2)3-6-22(18)26/h3,6-7,11,13-14,20-21,27,32H,4-5,8-10,12,15-16H2,1-2H3/t21-,25+/m1/s1. The summed E-state index contributed by atoms with van der Waals surface area (Å²) in [5.41, 5.74) is 0.902. The van der Waals surface area contributed by atoms with Gasteiger partial charge >= 0.3 is 0 Å². The Balaban J connectivity index is 1.62. The molecule has 2 atom stereocenters. The van der Waals surface area contributed by atoms with Crippen molar-refractivity contribution in [2.45, 2.75) is 43.9 Å². The number of ether oxygens (including phenoxy) is 1. The number of carbonyl (C=O) groups is 1. The summed E-state index contributed by atoms with van der Waals surface area (Å²) in [6.07, 6.45) is 4.66. The van der Waals surface area contributed by atoms with Gasteiger partial charge in [-0.1, -0.05) is 23.7 Å². The Hall–Kier alpha value is -2.19. The largest absolute Gasteiger partial charge is 0.384 e. The van der Waals surface area contributed by atoms with Gasteiger partial charge in [-0.05, 0) is 61.1 Å². The molecule has 1 amide bonds. The van der Waals surface area contributed by atoms with Gasteiger partial charge in [0.25, 0.3) is 5.56 Å². The van der Waals surface area contributed by atoms with Gasteiger partial charge in [0.05, 0.1) is 12.5 Å². The summed E-state index contributed by atoms with van der Waals surface area (Å²) < 4.78 is 6.65. The molecule has 0 spiro atoms. The lowest BCUT2D eigenvalue weighted by atomic mass is 9.76. The average Bonchev–Trinajstić information content (AvgIpc) is 3.64. The number of benzene rings is 1. The molecule has 1 aliphatic heterocycles. The summed E-state index contributed by atoms with van der Waals surface area (Å²) in [5, 5.41) is 15.6. The predicted molar refractivity (Wildman–Crippen MR) is 127 cm³/mol. The summed E-state index contributed by atoms with van der Waals surface area (Å²) in [6, 6.07) is 9.22. The first-order chi connectivity index (χ1) is 15.8. The first-order valence-corrected chi connectivity index (χ1v) is 11.9. The molecular weight excluding hydrogens is 442 g/mol. The van der Waals surface area contributed by atoms with E-state index in [1.807, 2.05) is 23.1 Å². The predicted octanol–water partition coefficient (Wildman–Crippen LogP) is 2.22. The molecule has 0 radical (unpaired) electrons. The molecule has 33 heavy (non-hydrogen) atoms. The van der Waals surface area contributed by atoms with Crippen LogP contribution < -0.4 is 10.9 Å². The van der Waals surface area contributed by atoms with Gasteiger partial charge < -0.3 is 24.6 Å². The summed E-state index contributed by atoms with van der Waals surface area (Å²) in [6.45, 7) is 1.94. The van der Waals surface area contributed by atoms with E-state index >= 15 is 0 Å². The Morgan fingerprint density at radius 1 is 1.33 bits per heavy atom. The molecule has 7 nitrogen and oxygen atoms in total. The number of aryl methyl sites for hydroxylation is 1. The number of halogens is 1. The number of piperidine rings is 1. The van der Waals surface area contributed by atoms with Crippen LogP contribution in [0, 0.1) is 5.92 Å². The lowest BCUT2D eigenvalue weighted by Crippen LogP contribution is -2.55. The first kappa shape index (κ1) is 24.0. The molecule has 8 heteroatoms. The van der Waals surface area contributed by atoms with E-state index in [1.165, 1.54) is 10.6 Å². The van der Waals surface area contributed by atoms with Gasteiger partial charge in [-0.25, -0.2) is 0 Å². The maximum Gasteiger partial charge on any atom is 0.250 e. The Morgan fingerprint density at radius 3 is 2.82 bits per heavy atom. The summed E-state index contributed by atoms with van der Waals surface area (Å²) >= 11 is 6.51. The third-order valence-corrected chi connectivity index (χ3v) is 7.20. The van der Waals surface area contributed by atoms with Crippen molar-refractivity contribution < 1.29 is 14.6 Å². The molecule has 2 aromatic rings. The van der Waals surface area contributed by atoms with Crippen LogP contribution in [0.5, 0.6) is 0 Å². The molecule has 2 aliphatic rings. The second-order valence-corrected chi connectivity index (χ2v) is 9.57. The van der Waals surface area contributed by atoms with Crippen LogP contribution in [-0.2, 0) is 35.1 Å². The SMILES string of the molecule is COCCc1ccc(Cl)c(CN(C(=O)[C@H]2CNCC[C@]2(O)c2ccn(C)c(=O)c2)C2CC2)c1. The monoisotopic (exact) mass is 473 g/mol. The van der Waals surface area contributed by atoms with Gasteiger partial charge in [0, 0.05) is 50.6 Å². The van der Waals surface area contributed by atoms with Crippen LogP contribution in [0.4, 0.5) is 0 Å². The molecule has 1 saturated heterocycles. The van der Waals surface area contributed by atoms with Gasteiger partial charge in [-0.3, -0.25) is 9.59 Å². The number of nitrogens with zero attached hydrogens (tertiary/aromatic N) is 2. The van der Waals surface area contributed by atoms with E-state index in [9.17, 15) is 14.7 Å². The molecule has 178 valence electrons. The zero-order valence-corrected chi connectivity index (χ0v) is 20.0. The zero-order chi connectivity index (χ0) is 23.6. The molecular formula is C25H32ClN3O4. The minimum atomic E-state index is -1.40. The Kier molecular flexibility index (Phi) is 7.24. The van der Waals surface area contributed by atoms with Crippen molar-refractivity contribution >= 4 is 17.5 Å². The Morgan fingerprint density at radius 2 is 2.12 bits per heavy atom. The quantitative estimate of drug-likeness (QED) is 0.614. The van der Waals surface area contributed by atoms with Crippen molar-refractivity contribution in [1.82, 2.24) is 14.8 Å². The molecule has 2 N–H and O–H groups in total. The van der Waals surface area contributed by atoms with Gasteiger partial charge in [0.15, 0.2) is 0 Å². The zero-order valence-electron chi connectivity index (χ0n) is 19.2. The van der Waals surface area contributed by atoms with Crippen molar-refractivity contribution in [3.05, 3.63) is 68.6 Å². The third kappa shape index (κ3) is 5.17. The van der Waals surface area contributed by atoms with Crippen molar-refractivity contribution in [2.24, 2.45) is 13.0 Å². The normalized spacial score (nSPS) is 22.8. The van der Waals surface area contributed by atoms with Gasteiger partial charge in [-0.2, -0.15) is 0 Å². The average molecular weight is 474 g/mol. The number of nitrogens with one attached hydrogen (secondary N) is 1. The number of pyridine rings is 1. The minimum absolute atomic E-state index is 0.105. The van der Waals surface area contributed by atoms with Crippen molar-refractivity contribution in [3.8, 4) is 0 Å². The second-order valence-electron chi connectivity index (χ2n) is 9.16. The number of hydrogen-bond donors (Lipinski definition) is 2. The van der Waals surface area contributed by atoms with E-state index in [0.29, 0.717) is 43.2 Å². The highest BCUT2D eigenvalue weighted by atomic mass is 35.5. The summed E-state index contributed by atoms with van der Waals surface area (Å²) in [5.74, 6) is -0.791. The minimum Gasteiger partial charge on any atom is -0.384 e. The van der Waals surface area contributed by atoms with Crippen molar-refractivity contribution in [3.63, 3.8) is 0 Å². The fourth-order valence-electron chi connectivity index (χ4n) is 4.60. The molecule has 1 aliphatic carbocycles. The molecule has 2 fully saturated rings. The number of amides is 1. The van der Waals surface area contributed by atoms with Crippen LogP contribution in [0.2, 0.25) is 5.02 Å². The number of carbonyl (C=O) groups excluding carboxylic acids is 1. The lowest BCUT2D eigenvalue weighted by Gasteiger charge is -2.42. The number of methoxy groups -OCH3 is 1. The smallest absolute Gasteiger partial charge is 0.250 e. The molecule has 1 saturated carbocycles. The number of rotatable bonds is 8. The van der Waals surface area contributed by atoms with Crippen LogP contribution in [0.1, 0.15) is 36.0 Å². The molecule has 1 aromatic carbocycles. The van der Waals surface area contributed by atoms with Crippen molar-refractivity contribution in [2.75, 3.05) is 26.8 Å². The highest BCUT2D eigenvalue weighted by Gasteiger charge is 2.48. The van der Waals surface area contributed by atoms with Crippen LogP contribution in [0.3, 0.4) is 0 Å². The summed E-state index contributed by atoms with van der Waals surface area (Å²) in [4.78, 5) is 28.0. The maximum absolute atomic E-state index is 13.9. The number of hydrogen-bond acceptors (Lipinski definition) is 5. The number of aliphatic hydroxyl groups is 1. The fraction of sp³-hybridized carbons (Fsp3) is 0.520. The fourth-order valence-corrected chi connectivity index (χ4v) is 4.78. The van der Waals surface area contributed by atoms with E-state index in [-0.39, 0.29) is 17.5 Å². The van der Waals surface area contributed by atoms with Crippen molar-refractivity contribution in [1.29, 1.82) is 0 Å². The molecule has 0 unspecified atom stereocenters. The van der Waals surface area contributed by atoms with E-state index in [0.717, 1.165) is 30.4 Å². The van der Waals surface area contributed by atoms with E-state index in [4.69, 9.17) is 16.3 Å². The van der Waals surface area contributed by atoms with E-state index < -0.39 is 11.5 Å². The molecule has 4 rings (SSSR count). The lowest BCUT2D eigenvalue weighted by molar-refractivity contribution is -0.150. The van der Waals surface area contributed by atoms with Crippen LogP contribution in [0.15, 0.2) is 41.3 Å². The number of aromatic nitrogens is 1. The maximum atomic E-state index is 13.9. The second kappa shape index (κ2) is 9.97. The van der Waals surface area contributed by atoms with Crippen LogP contribution in [0.25, 0.3) is 0 Å². The van der Waals surface area contributed by atoms with Crippen LogP contribution >= 0.6 is 11.6 Å². The first-order valence-electron chi connectivity index (χ1n) is 11.5. The molecule has 1 aromatic heterocycles. The van der Waals surface area contributed by atoms with Gasteiger partial charge in [0.1, 0.15) is 5.60 Å². The molecule has 0 bridgehead atoms. The Bertz CT molecular complexity index is 1070. The third-order valence-electron chi connectivity index (χ3n) is 6.83. The van der Waals surface area contributed by atoms with E-state index in [1.54, 1.807) is 26.4 Å². The molecule has 2 heterocycles. The van der Waals surface area contributed by atoms with E-state index in [2.05, 4.69) is 5.32 Å². The Labute approximate surface area is 199 Å². The van der Waals surface area contributed by atoms with Gasteiger partial charge in [-0.15, -0.1) is 0 Å². The van der Waals surface area contributed by atoms with Gasteiger partial charge in [0.2, 0.25) is 5.91 Å². The highest BCUT2D eigenvalue weighted by Crippen LogP contribution is 2.39.